The minimum Gasteiger partial charge on any atom is -0.453 e. The molecule has 6 nitrogen and oxygen atoms in total. The minimum absolute atomic E-state index is 0.200. The van der Waals surface area contributed by atoms with Gasteiger partial charge in [0.25, 0.3) is 0 Å². The average Bonchev–Trinajstić information content (AvgIpc) is 3.02. The Morgan fingerprint density at radius 3 is 2.84 bits per heavy atom. The Balaban J connectivity index is 1.67. The molecule has 0 aliphatic carbocycles. The van der Waals surface area contributed by atoms with Crippen molar-refractivity contribution in [3.05, 3.63) is 35.9 Å². The van der Waals surface area contributed by atoms with Gasteiger partial charge in [-0.3, -0.25) is 0 Å². The number of fused-ring (bicyclic) bond motifs is 1. The summed E-state index contributed by atoms with van der Waals surface area (Å²) < 4.78 is 16.3. The number of oxime groups is 1. The first kappa shape index (κ1) is 12.1. The van der Waals surface area contributed by atoms with E-state index in [-0.39, 0.29) is 13.2 Å². The molecule has 1 aromatic rings. The van der Waals surface area contributed by atoms with Gasteiger partial charge in [0.1, 0.15) is 17.9 Å². The van der Waals surface area contributed by atoms with Gasteiger partial charge in [0.15, 0.2) is 6.10 Å². The van der Waals surface area contributed by atoms with E-state index < -0.39 is 24.3 Å². The SMILES string of the molecule is O=C(O[C@@H]1CO[C@@H]2C(=NO)CO[C@@H]21)c1ccccc1. The molecule has 1 aromatic carbocycles. The number of ether oxygens (including phenoxy) is 3. The molecule has 3 atom stereocenters. The van der Waals surface area contributed by atoms with Crippen LogP contribution in [0.15, 0.2) is 35.5 Å². The van der Waals surface area contributed by atoms with Gasteiger partial charge in [-0.1, -0.05) is 23.4 Å². The third-order valence-corrected chi connectivity index (χ3v) is 3.25. The molecule has 2 aliphatic heterocycles. The quantitative estimate of drug-likeness (QED) is 0.486. The highest BCUT2D eigenvalue weighted by Gasteiger charge is 2.48. The van der Waals surface area contributed by atoms with Crippen LogP contribution in [0.25, 0.3) is 0 Å². The third kappa shape index (κ3) is 2.20. The number of hydrogen-bond donors (Lipinski definition) is 1. The minimum atomic E-state index is -0.475. The van der Waals surface area contributed by atoms with Gasteiger partial charge in [0.2, 0.25) is 0 Å². The predicted octanol–water partition coefficient (Wildman–Crippen LogP) is 0.840. The van der Waals surface area contributed by atoms with Gasteiger partial charge < -0.3 is 19.4 Å². The summed E-state index contributed by atoms with van der Waals surface area (Å²) in [7, 11) is 0. The van der Waals surface area contributed by atoms with E-state index >= 15 is 0 Å². The van der Waals surface area contributed by atoms with Crippen LogP contribution in [0.1, 0.15) is 10.4 Å². The number of esters is 1. The smallest absolute Gasteiger partial charge is 0.338 e. The molecule has 2 saturated heterocycles. The fourth-order valence-electron chi connectivity index (χ4n) is 2.29. The van der Waals surface area contributed by atoms with Crippen LogP contribution in [0.4, 0.5) is 0 Å². The molecule has 6 heteroatoms. The monoisotopic (exact) mass is 263 g/mol. The Morgan fingerprint density at radius 2 is 2.11 bits per heavy atom. The summed E-state index contributed by atoms with van der Waals surface area (Å²) in [4.78, 5) is 11.9. The molecule has 0 unspecified atom stereocenters. The van der Waals surface area contributed by atoms with Crippen LogP contribution in [-0.4, -0.2) is 48.4 Å². The van der Waals surface area contributed by atoms with Crippen LogP contribution >= 0.6 is 0 Å². The molecular weight excluding hydrogens is 250 g/mol. The van der Waals surface area contributed by atoms with Crippen molar-refractivity contribution in [2.45, 2.75) is 18.3 Å². The molecule has 0 radical (unpaired) electrons. The normalized spacial score (nSPS) is 31.4. The molecule has 0 saturated carbocycles. The Hall–Kier alpha value is -1.92. The molecule has 0 bridgehead atoms. The molecule has 0 aromatic heterocycles. The highest BCUT2D eigenvalue weighted by molar-refractivity contribution is 5.92. The van der Waals surface area contributed by atoms with Gasteiger partial charge in [-0.05, 0) is 12.1 Å². The summed E-state index contributed by atoms with van der Waals surface area (Å²) in [6.45, 7) is 0.443. The zero-order valence-corrected chi connectivity index (χ0v) is 10.1. The highest BCUT2D eigenvalue weighted by atomic mass is 16.6. The first-order valence-corrected chi connectivity index (χ1v) is 5.99. The number of benzene rings is 1. The van der Waals surface area contributed by atoms with E-state index in [1.165, 1.54) is 0 Å². The van der Waals surface area contributed by atoms with Crippen LogP contribution in [0.2, 0.25) is 0 Å². The fraction of sp³-hybridized carbons (Fsp3) is 0.385. The maximum atomic E-state index is 11.9. The van der Waals surface area contributed by atoms with Crippen LogP contribution in [-0.2, 0) is 14.2 Å². The lowest BCUT2D eigenvalue weighted by molar-refractivity contribution is -0.0137. The van der Waals surface area contributed by atoms with Crippen LogP contribution in [0.5, 0.6) is 0 Å². The van der Waals surface area contributed by atoms with Crippen molar-refractivity contribution in [3.8, 4) is 0 Å². The average molecular weight is 263 g/mol. The molecule has 1 N–H and O–H groups in total. The van der Waals surface area contributed by atoms with Crippen molar-refractivity contribution >= 4 is 11.7 Å². The van der Waals surface area contributed by atoms with E-state index in [0.29, 0.717) is 11.3 Å². The molecule has 2 heterocycles. The first-order chi connectivity index (χ1) is 9.29. The van der Waals surface area contributed by atoms with Crippen LogP contribution in [0, 0.1) is 0 Å². The lowest BCUT2D eigenvalue weighted by atomic mass is 10.1. The Labute approximate surface area is 109 Å². The maximum Gasteiger partial charge on any atom is 0.338 e. The van der Waals surface area contributed by atoms with E-state index in [2.05, 4.69) is 5.16 Å². The zero-order valence-electron chi connectivity index (χ0n) is 10.1. The second-order valence-electron chi connectivity index (χ2n) is 4.43. The Kier molecular flexibility index (Phi) is 3.18. The molecule has 3 rings (SSSR count). The number of carbonyl (C=O) groups is 1. The summed E-state index contributed by atoms with van der Waals surface area (Å²) in [5, 5.41) is 11.9. The maximum absolute atomic E-state index is 11.9. The second kappa shape index (κ2) is 4.99. The fourth-order valence-corrected chi connectivity index (χ4v) is 2.29. The van der Waals surface area contributed by atoms with Crippen molar-refractivity contribution in [1.82, 2.24) is 0 Å². The van der Waals surface area contributed by atoms with Gasteiger partial charge >= 0.3 is 5.97 Å². The Morgan fingerprint density at radius 1 is 1.32 bits per heavy atom. The van der Waals surface area contributed by atoms with E-state index in [0.717, 1.165) is 0 Å². The van der Waals surface area contributed by atoms with Gasteiger partial charge in [0.05, 0.1) is 18.8 Å². The molecular formula is C13H13NO5. The number of carbonyl (C=O) groups excluding carboxylic acids is 1. The largest absolute Gasteiger partial charge is 0.453 e. The van der Waals surface area contributed by atoms with E-state index in [4.69, 9.17) is 19.4 Å². The second-order valence-corrected chi connectivity index (χ2v) is 4.43. The van der Waals surface area contributed by atoms with Crippen molar-refractivity contribution < 1.29 is 24.2 Å². The number of rotatable bonds is 2. The number of hydrogen-bond acceptors (Lipinski definition) is 6. The molecule has 0 spiro atoms. The summed E-state index contributed by atoms with van der Waals surface area (Å²) >= 11 is 0. The highest BCUT2D eigenvalue weighted by Crippen LogP contribution is 2.27. The van der Waals surface area contributed by atoms with Crippen LogP contribution < -0.4 is 0 Å². The topological polar surface area (TPSA) is 77.4 Å². The van der Waals surface area contributed by atoms with E-state index in [9.17, 15) is 4.79 Å². The lowest BCUT2D eigenvalue weighted by Gasteiger charge is -2.16. The Bertz CT molecular complexity index is 501. The lowest BCUT2D eigenvalue weighted by Crippen LogP contribution is -2.33. The standard InChI is InChI=1S/C13H13NO5/c15-13(8-4-2-1-3-5-8)19-10-7-18-11-9(14-16)6-17-12(10)11/h1-5,10-12,16H,6-7H2/t10-,11-,12-/m1/s1. The first-order valence-electron chi connectivity index (χ1n) is 5.99. The van der Waals surface area contributed by atoms with E-state index in [1.54, 1.807) is 24.3 Å². The van der Waals surface area contributed by atoms with Crippen molar-refractivity contribution in [2.75, 3.05) is 13.2 Å². The van der Waals surface area contributed by atoms with Gasteiger partial charge in [0, 0.05) is 0 Å². The van der Waals surface area contributed by atoms with Crippen molar-refractivity contribution in [2.24, 2.45) is 5.16 Å². The summed E-state index contributed by atoms with van der Waals surface area (Å²) in [5.41, 5.74) is 0.920. The summed E-state index contributed by atoms with van der Waals surface area (Å²) in [6, 6.07) is 8.74. The van der Waals surface area contributed by atoms with Crippen molar-refractivity contribution in [3.63, 3.8) is 0 Å². The molecule has 2 aliphatic rings. The summed E-state index contributed by atoms with van der Waals surface area (Å²) in [5.74, 6) is -0.409. The van der Waals surface area contributed by atoms with E-state index in [1.807, 2.05) is 6.07 Å². The zero-order chi connectivity index (χ0) is 13.2. The van der Waals surface area contributed by atoms with Crippen molar-refractivity contribution in [1.29, 1.82) is 0 Å². The summed E-state index contributed by atoms with van der Waals surface area (Å²) in [6.07, 6.45) is -1.28. The predicted molar refractivity (Wildman–Crippen MR) is 64.3 cm³/mol. The van der Waals surface area contributed by atoms with Crippen LogP contribution in [0.3, 0.4) is 0 Å². The third-order valence-electron chi connectivity index (χ3n) is 3.25. The molecule has 0 amide bonds. The van der Waals surface area contributed by atoms with Gasteiger partial charge in [-0.15, -0.1) is 0 Å². The molecule has 19 heavy (non-hydrogen) atoms. The van der Waals surface area contributed by atoms with Gasteiger partial charge in [-0.2, -0.15) is 0 Å². The molecule has 100 valence electrons. The van der Waals surface area contributed by atoms with Gasteiger partial charge in [-0.25, -0.2) is 4.79 Å². The molecule has 2 fully saturated rings. The number of nitrogens with zero attached hydrogens (tertiary/aromatic N) is 1.